The molecule has 0 bridgehead atoms. The summed E-state index contributed by atoms with van der Waals surface area (Å²) in [5.74, 6) is -0.277. The lowest BCUT2D eigenvalue weighted by molar-refractivity contribution is 0.0696. The van der Waals surface area contributed by atoms with E-state index in [1.807, 2.05) is 6.07 Å². The number of fused-ring (bicyclic) bond motifs is 1. The smallest absolute Gasteiger partial charge is 0.337 e. The number of carboxylic acid groups (broad SMARTS) is 1. The van der Waals surface area contributed by atoms with Gasteiger partial charge in [0.1, 0.15) is 5.82 Å². The van der Waals surface area contributed by atoms with Crippen molar-refractivity contribution in [3.8, 4) is 0 Å². The summed E-state index contributed by atoms with van der Waals surface area (Å²) in [5, 5.41) is 12.1. The molecule has 1 atom stereocenters. The fourth-order valence-electron chi connectivity index (χ4n) is 2.35. The molecule has 1 unspecified atom stereocenters. The molecule has 0 spiro atoms. The van der Waals surface area contributed by atoms with Crippen LogP contribution in [0.2, 0.25) is 0 Å². The van der Waals surface area contributed by atoms with Crippen LogP contribution in [0, 0.1) is 0 Å². The first-order valence-corrected chi connectivity index (χ1v) is 6.14. The molecule has 2 aromatic heterocycles. The maximum atomic E-state index is 10.8. The Bertz CT molecular complexity index is 610. The van der Waals surface area contributed by atoms with Crippen LogP contribution in [0.1, 0.15) is 34.1 Å². The van der Waals surface area contributed by atoms with Gasteiger partial charge in [-0.3, -0.25) is 4.98 Å². The van der Waals surface area contributed by atoms with Crippen molar-refractivity contribution in [2.75, 3.05) is 5.32 Å². The third-order valence-electron chi connectivity index (χ3n) is 3.30. The summed E-state index contributed by atoms with van der Waals surface area (Å²) in [5.41, 5.74) is 2.52. The number of nitrogens with one attached hydrogen (secondary N) is 1. The highest BCUT2D eigenvalue weighted by Crippen LogP contribution is 2.31. The fourth-order valence-corrected chi connectivity index (χ4v) is 2.35. The first kappa shape index (κ1) is 11.6. The molecule has 0 radical (unpaired) electrons. The number of carboxylic acids is 1. The molecule has 0 amide bonds. The van der Waals surface area contributed by atoms with Crippen LogP contribution in [-0.2, 0) is 6.42 Å². The van der Waals surface area contributed by atoms with Gasteiger partial charge in [-0.2, -0.15) is 0 Å². The number of anilines is 1. The van der Waals surface area contributed by atoms with Crippen LogP contribution >= 0.6 is 0 Å². The molecule has 0 aliphatic heterocycles. The third kappa shape index (κ3) is 2.27. The molecule has 0 aromatic carbocycles. The molecule has 3 rings (SSSR count). The number of pyridine rings is 2. The Balaban J connectivity index is 1.78. The summed E-state index contributed by atoms with van der Waals surface area (Å²) in [6, 6.07) is 7.44. The predicted octanol–water partition coefficient (Wildman–Crippen LogP) is 2.27. The molecule has 2 N–H and O–H groups in total. The van der Waals surface area contributed by atoms with Crippen LogP contribution < -0.4 is 5.32 Å². The molecule has 1 aliphatic rings. The highest BCUT2D eigenvalue weighted by atomic mass is 16.4. The van der Waals surface area contributed by atoms with Crippen molar-refractivity contribution >= 4 is 11.8 Å². The van der Waals surface area contributed by atoms with E-state index in [1.54, 1.807) is 18.3 Å². The normalized spacial score (nSPS) is 16.9. The maximum absolute atomic E-state index is 10.8. The quantitative estimate of drug-likeness (QED) is 0.880. The van der Waals surface area contributed by atoms with E-state index in [9.17, 15) is 4.79 Å². The average Bonchev–Trinajstić information content (AvgIpc) is 2.83. The summed E-state index contributed by atoms with van der Waals surface area (Å²) >= 11 is 0. The van der Waals surface area contributed by atoms with Gasteiger partial charge in [0.25, 0.3) is 0 Å². The number of hydrogen-bond donors (Lipinski definition) is 2. The van der Waals surface area contributed by atoms with Gasteiger partial charge in [-0.15, -0.1) is 0 Å². The monoisotopic (exact) mass is 255 g/mol. The van der Waals surface area contributed by atoms with Crippen molar-refractivity contribution in [3.63, 3.8) is 0 Å². The van der Waals surface area contributed by atoms with Gasteiger partial charge in [0.05, 0.1) is 11.6 Å². The first-order chi connectivity index (χ1) is 9.24. The summed E-state index contributed by atoms with van der Waals surface area (Å²) < 4.78 is 0. The summed E-state index contributed by atoms with van der Waals surface area (Å²) in [4.78, 5) is 19.2. The van der Waals surface area contributed by atoms with E-state index in [4.69, 9.17) is 5.11 Å². The Morgan fingerprint density at radius 2 is 2.21 bits per heavy atom. The standard InChI is InChI=1S/C14H13N3O2/c18-14(19)9-3-6-13(16-8-9)17-12-5-4-11-10(12)2-1-7-15-11/h1-3,6-8,12H,4-5H2,(H,16,17)(H,18,19). The van der Waals surface area contributed by atoms with Crippen molar-refractivity contribution in [1.29, 1.82) is 0 Å². The molecule has 1 aliphatic carbocycles. The SMILES string of the molecule is O=C(O)c1ccc(NC2CCc3ncccc32)nc1. The van der Waals surface area contributed by atoms with Gasteiger partial charge < -0.3 is 10.4 Å². The first-order valence-electron chi connectivity index (χ1n) is 6.14. The minimum atomic E-state index is -0.963. The lowest BCUT2D eigenvalue weighted by Crippen LogP contribution is -2.09. The summed E-state index contributed by atoms with van der Waals surface area (Å²) in [6.07, 6.45) is 5.11. The molecule has 5 nitrogen and oxygen atoms in total. The van der Waals surface area contributed by atoms with Crippen molar-refractivity contribution in [1.82, 2.24) is 9.97 Å². The topological polar surface area (TPSA) is 75.1 Å². The Morgan fingerprint density at radius 1 is 1.32 bits per heavy atom. The van der Waals surface area contributed by atoms with Gasteiger partial charge in [-0.25, -0.2) is 9.78 Å². The lowest BCUT2D eigenvalue weighted by atomic mass is 10.1. The Hall–Kier alpha value is -2.43. The number of aromatic carboxylic acids is 1. The number of aromatic nitrogens is 2. The highest BCUT2D eigenvalue weighted by Gasteiger charge is 2.23. The number of aryl methyl sites for hydroxylation is 1. The van der Waals surface area contributed by atoms with E-state index in [-0.39, 0.29) is 11.6 Å². The van der Waals surface area contributed by atoms with E-state index < -0.39 is 5.97 Å². The van der Waals surface area contributed by atoms with Gasteiger partial charge in [0, 0.05) is 18.1 Å². The van der Waals surface area contributed by atoms with Gasteiger partial charge in [-0.1, -0.05) is 6.07 Å². The third-order valence-corrected chi connectivity index (χ3v) is 3.30. The molecule has 96 valence electrons. The van der Waals surface area contributed by atoms with E-state index in [1.165, 1.54) is 11.8 Å². The zero-order valence-corrected chi connectivity index (χ0v) is 10.2. The summed E-state index contributed by atoms with van der Waals surface area (Å²) in [7, 11) is 0. The minimum absolute atomic E-state index is 0.194. The number of rotatable bonds is 3. The Labute approximate surface area is 110 Å². The molecule has 0 fully saturated rings. The van der Waals surface area contributed by atoms with Crippen LogP contribution in [0.5, 0.6) is 0 Å². The van der Waals surface area contributed by atoms with Gasteiger partial charge in [0.15, 0.2) is 0 Å². The average molecular weight is 255 g/mol. The van der Waals surface area contributed by atoms with Crippen LogP contribution in [0.25, 0.3) is 0 Å². The van der Waals surface area contributed by atoms with Gasteiger partial charge in [-0.05, 0) is 36.6 Å². The van der Waals surface area contributed by atoms with Crippen molar-refractivity contribution < 1.29 is 9.90 Å². The number of nitrogens with zero attached hydrogens (tertiary/aromatic N) is 2. The molecule has 19 heavy (non-hydrogen) atoms. The van der Waals surface area contributed by atoms with Crippen LogP contribution in [0.15, 0.2) is 36.7 Å². The van der Waals surface area contributed by atoms with Crippen molar-refractivity contribution in [2.45, 2.75) is 18.9 Å². The van der Waals surface area contributed by atoms with Gasteiger partial charge >= 0.3 is 5.97 Å². The van der Waals surface area contributed by atoms with Crippen LogP contribution in [0.3, 0.4) is 0 Å². The van der Waals surface area contributed by atoms with E-state index in [2.05, 4.69) is 21.4 Å². The Morgan fingerprint density at radius 3 is 2.95 bits per heavy atom. The largest absolute Gasteiger partial charge is 0.478 e. The van der Waals surface area contributed by atoms with Gasteiger partial charge in [0.2, 0.25) is 0 Å². The molecule has 0 saturated carbocycles. The van der Waals surface area contributed by atoms with Crippen LogP contribution in [-0.4, -0.2) is 21.0 Å². The molecule has 2 heterocycles. The lowest BCUT2D eigenvalue weighted by Gasteiger charge is -2.14. The molecular weight excluding hydrogens is 242 g/mol. The molecule has 5 heteroatoms. The van der Waals surface area contributed by atoms with E-state index in [0.717, 1.165) is 18.5 Å². The highest BCUT2D eigenvalue weighted by molar-refractivity contribution is 5.87. The molecular formula is C14H13N3O2. The second-order valence-electron chi connectivity index (χ2n) is 4.51. The minimum Gasteiger partial charge on any atom is -0.478 e. The fraction of sp³-hybridized carbons (Fsp3) is 0.214. The van der Waals surface area contributed by atoms with Crippen molar-refractivity contribution in [2.24, 2.45) is 0 Å². The molecule has 0 saturated heterocycles. The second-order valence-corrected chi connectivity index (χ2v) is 4.51. The van der Waals surface area contributed by atoms with E-state index in [0.29, 0.717) is 5.82 Å². The number of carbonyl (C=O) groups is 1. The van der Waals surface area contributed by atoms with E-state index >= 15 is 0 Å². The maximum Gasteiger partial charge on any atom is 0.337 e. The zero-order chi connectivity index (χ0) is 13.2. The number of hydrogen-bond acceptors (Lipinski definition) is 4. The second kappa shape index (κ2) is 4.68. The zero-order valence-electron chi connectivity index (χ0n) is 10.2. The predicted molar refractivity (Wildman–Crippen MR) is 70.1 cm³/mol. The molecule has 2 aromatic rings. The Kier molecular flexibility index (Phi) is 2.87. The summed E-state index contributed by atoms with van der Waals surface area (Å²) in [6.45, 7) is 0. The van der Waals surface area contributed by atoms with Crippen molar-refractivity contribution in [3.05, 3.63) is 53.5 Å². The van der Waals surface area contributed by atoms with Crippen LogP contribution in [0.4, 0.5) is 5.82 Å².